The lowest BCUT2D eigenvalue weighted by Crippen LogP contribution is -2.23. The van der Waals surface area contributed by atoms with E-state index in [2.05, 4.69) is 20.6 Å². The number of hydrogen-bond donors (Lipinski definition) is 2. The Kier molecular flexibility index (Phi) is 4.71. The topological polar surface area (TPSA) is 110 Å². The van der Waals surface area contributed by atoms with Crippen molar-refractivity contribution in [3.05, 3.63) is 39.9 Å². The molecule has 0 aliphatic rings. The lowest BCUT2D eigenvalue weighted by Gasteiger charge is -2.03. The van der Waals surface area contributed by atoms with Gasteiger partial charge in [-0.05, 0) is 12.1 Å². The molecule has 0 bridgehead atoms. The number of pyridine rings is 1. The Balaban J connectivity index is 1.97. The Morgan fingerprint density at radius 3 is 2.57 bits per heavy atom. The molecule has 0 aliphatic carbocycles. The molecule has 0 saturated heterocycles. The zero-order valence-electron chi connectivity index (χ0n) is 10.5. The summed E-state index contributed by atoms with van der Waals surface area (Å²) in [6.07, 6.45) is 1.43. The molecule has 1 amide bonds. The van der Waals surface area contributed by atoms with Crippen molar-refractivity contribution in [3.8, 4) is 0 Å². The Morgan fingerprint density at radius 2 is 1.95 bits per heavy atom. The number of carbonyl (C=O) groups is 2. The van der Waals surface area contributed by atoms with Gasteiger partial charge in [-0.25, -0.2) is 9.67 Å². The van der Waals surface area contributed by atoms with Gasteiger partial charge in [0.15, 0.2) is 0 Å². The van der Waals surface area contributed by atoms with E-state index in [1.165, 1.54) is 18.3 Å². The minimum absolute atomic E-state index is 0.0933. The Morgan fingerprint density at radius 1 is 1.29 bits per heavy atom. The van der Waals surface area contributed by atoms with Crippen molar-refractivity contribution in [2.24, 2.45) is 0 Å². The van der Waals surface area contributed by atoms with E-state index in [1.807, 2.05) is 0 Å². The number of aliphatic carboxylic acids is 1. The monoisotopic (exact) mass is 329 g/mol. The highest BCUT2D eigenvalue weighted by molar-refractivity contribution is 6.33. The van der Waals surface area contributed by atoms with Crippen LogP contribution in [-0.4, -0.2) is 37.0 Å². The molecule has 0 radical (unpaired) electrons. The average Bonchev–Trinajstić information content (AvgIpc) is 2.81. The van der Waals surface area contributed by atoms with Gasteiger partial charge in [0.05, 0.1) is 12.7 Å². The van der Waals surface area contributed by atoms with Gasteiger partial charge in [0.2, 0.25) is 0 Å². The van der Waals surface area contributed by atoms with Gasteiger partial charge in [0.1, 0.15) is 22.5 Å². The van der Waals surface area contributed by atoms with Gasteiger partial charge in [-0.2, -0.15) is 0 Å². The number of carbonyl (C=O) groups excluding carboxylic acids is 1. The highest BCUT2D eigenvalue weighted by atomic mass is 35.5. The Labute approximate surface area is 128 Å². The molecule has 2 aromatic rings. The fourth-order valence-corrected chi connectivity index (χ4v) is 1.96. The molecular weight excluding hydrogens is 321 g/mol. The van der Waals surface area contributed by atoms with Gasteiger partial charge in [-0.1, -0.05) is 28.4 Å². The van der Waals surface area contributed by atoms with Gasteiger partial charge in [-0.3, -0.25) is 9.59 Å². The van der Waals surface area contributed by atoms with Crippen LogP contribution in [0.2, 0.25) is 10.3 Å². The van der Waals surface area contributed by atoms with Crippen LogP contribution < -0.4 is 5.32 Å². The van der Waals surface area contributed by atoms with Crippen LogP contribution in [0.3, 0.4) is 0 Å². The molecule has 2 N–H and O–H groups in total. The molecule has 8 nitrogen and oxygen atoms in total. The van der Waals surface area contributed by atoms with Gasteiger partial charge >= 0.3 is 5.97 Å². The van der Waals surface area contributed by atoms with Gasteiger partial charge in [0.25, 0.3) is 5.91 Å². The molecule has 0 spiro atoms. The molecule has 2 aromatic heterocycles. The number of carboxylic acid groups (broad SMARTS) is 1. The third-order valence-electron chi connectivity index (χ3n) is 2.34. The number of amides is 1. The molecule has 21 heavy (non-hydrogen) atoms. The third-order valence-corrected chi connectivity index (χ3v) is 2.73. The standard InChI is InChI=1S/C11H9Cl2N5O3/c12-8-1-6(2-9(13)15-8)11(21)14-3-7-4-18(17-16-7)5-10(19)20/h1-2,4H,3,5H2,(H,14,21)(H,19,20). The maximum Gasteiger partial charge on any atom is 0.325 e. The lowest BCUT2D eigenvalue weighted by molar-refractivity contribution is -0.137. The number of halogens is 2. The molecule has 110 valence electrons. The van der Waals surface area contributed by atoms with Crippen molar-refractivity contribution in [2.45, 2.75) is 13.1 Å². The highest BCUT2D eigenvalue weighted by Crippen LogP contribution is 2.14. The molecule has 0 aliphatic heterocycles. The summed E-state index contributed by atoms with van der Waals surface area (Å²) in [6, 6.07) is 2.76. The summed E-state index contributed by atoms with van der Waals surface area (Å²) in [4.78, 5) is 26.1. The first-order valence-corrected chi connectivity index (χ1v) is 6.42. The molecule has 10 heteroatoms. The zero-order valence-corrected chi connectivity index (χ0v) is 12.0. The van der Waals surface area contributed by atoms with Crippen molar-refractivity contribution < 1.29 is 14.7 Å². The maximum absolute atomic E-state index is 11.9. The quantitative estimate of drug-likeness (QED) is 0.791. The van der Waals surface area contributed by atoms with E-state index in [9.17, 15) is 9.59 Å². The van der Waals surface area contributed by atoms with Crippen LogP contribution >= 0.6 is 23.2 Å². The average molecular weight is 330 g/mol. The predicted octanol–water partition coefficient (Wildman–Crippen LogP) is 0.994. The Hall–Kier alpha value is -2.19. The van der Waals surface area contributed by atoms with E-state index < -0.39 is 11.9 Å². The van der Waals surface area contributed by atoms with Crippen LogP contribution in [0.15, 0.2) is 18.3 Å². The zero-order chi connectivity index (χ0) is 15.4. The molecule has 2 rings (SSSR count). The van der Waals surface area contributed by atoms with Crippen LogP contribution in [0.4, 0.5) is 0 Å². The largest absolute Gasteiger partial charge is 0.480 e. The second-order valence-electron chi connectivity index (χ2n) is 3.99. The number of aromatic nitrogens is 4. The number of rotatable bonds is 5. The first-order chi connectivity index (χ1) is 9.94. The van der Waals surface area contributed by atoms with Crippen molar-refractivity contribution in [3.63, 3.8) is 0 Å². The van der Waals surface area contributed by atoms with Gasteiger partial charge in [0, 0.05) is 5.56 Å². The van der Waals surface area contributed by atoms with E-state index >= 15 is 0 Å². The fourth-order valence-electron chi connectivity index (χ4n) is 1.50. The predicted molar refractivity (Wildman–Crippen MR) is 73.1 cm³/mol. The number of nitrogens with zero attached hydrogens (tertiary/aromatic N) is 4. The number of carboxylic acids is 1. The second kappa shape index (κ2) is 6.51. The van der Waals surface area contributed by atoms with E-state index in [0.717, 1.165) is 4.68 Å². The van der Waals surface area contributed by atoms with Crippen LogP contribution in [0.5, 0.6) is 0 Å². The molecule has 0 fully saturated rings. The lowest BCUT2D eigenvalue weighted by atomic mass is 10.2. The first kappa shape index (κ1) is 15.2. The molecular formula is C11H9Cl2N5O3. The van der Waals surface area contributed by atoms with E-state index in [4.69, 9.17) is 28.3 Å². The fraction of sp³-hybridized carbons (Fsp3) is 0.182. The van der Waals surface area contributed by atoms with E-state index in [-0.39, 0.29) is 29.0 Å². The van der Waals surface area contributed by atoms with E-state index in [0.29, 0.717) is 5.69 Å². The van der Waals surface area contributed by atoms with Crippen LogP contribution in [-0.2, 0) is 17.9 Å². The SMILES string of the molecule is O=C(O)Cn1cc(CNC(=O)c2cc(Cl)nc(Cl)c2)nn1. The number of nitrogens with one attached hydrogen (secondary N) is 1. The number of hydrogen-bond acceptors (Lipinski definition) is 5. The van der Waals surface area contributed by atoms with Crippen LogP contribution in [0.1, 0.15) is 16.1 Å². The molecule has 0 unspecified atom stereocenters. The maximum atomic E-state index is 11.9. The summed E-state index contributed by atoms with van der Waals surface area (Å²) in [6.45, 7) is -0.202. The first-order valence-electron chi connectivity index (χ1n) is 5.66. The summed E-state index contributed by atoms with van der Waals surface area (Å²) in [7, 11) is 0. The molecule has 0 aromatic carbocycles. The highest BCUT2D eigenvalue weighted by Gasteiger charge is 2.10. The normalized spacial score (nSPS) is 10.4. The van der Waals surface area contributed by atoms with Crippen molar-refractivity contribution in [1.82, 2.24) is 25.3 Å². The minimum Gasteiger partial charge on any atom is -0.480 e. The third kappa shape index (κ3) is 4.40. The second-order valence-corrected chi connectivity index (χ2v) is 4.76. The molecule has 2 heterocycles. The van der Waals surface area contributed by atoms with Gasteiger partial charge < -0.3 is 10.4 Å². The summed E-state index contributed by atoms with van der Waals surface area (Å²) >= 11 is 11.4. The van der Waals surface area contributed by atoms with E-state index in [1.54, 1.807) is 0 Å². The van der Waals surface area contributed by atoms with Crippen molar-refractivity contribution >= 4 is 35.1 Å². The summed E-state index contributed by atoms with van der Waals surface area (Å²) < 4.78 is 1.16. The minimum atomic E-state index is -1.03. The summed E-state index contributed by atoms with van der Waals surface area (Å²) in [5, 5.41) is 18.8. The molecule has 0 atom stereocenters. The van der Waals surface area contributed by atoms with Gasteiger partial charge in [-0.15, -0.1) is 5.10 Å². The van der Waals surface area contributed by atoms with Crippen LogP contribution in [0.25, 0.3) is 0 Å². The summed E-state index contributed by atoms with van der Waals surface area (Å²) in [5.41, 5.74) is 0.689. The Bertz CT molecular complexity index is 668. The van der Waals surface area contributed by atoms with Crippen molar-refractivity contribution in [1.29, 1.82) is 0 Å². The smallest absolute Gasteiger partial charge is 0.325 e. The van der Waals surface area contributed by atoms with Crippen molar-refractivity contribution in [2.75, 3.05) is 0 Å². The molecule has 0 saturated carbocycles. The summed E-state index contributed by atoms with van der Waals surface area (Å²) in [5.74, 6) is -1.44. The van der Waals surface area contributed by atoms with Crippen LogP contribution in [0, 0.1) is 0 Å².